The molecule has 2 rings (SSSR count). The third-order valence-electron chi connectivity index (χ3n) is 2.97. The molecule has 0 aliphatic heterocycles. The topological polar surface area (TPSA) is 77.5 Å². The van der Waals surface area contributed by atoms with E-state index in [4.69, 9.17) is 5.21 Å². The zero-order valence-corrected chi connectivity index (χ0v) is 11.0. The monoisotopic (exact) mass is 259 g/mol. The molecule has 19 heavy (non-hydrogen) atoms. The van der Waals surface area contributed by atoms with Crippen LogP contribution >= 0.6 is 0 Å². The summed E-state index contributed by atoms with van der Waals surface area (Å²) in [6.07, 6.45) is 0.934. The number of rotatable bonds is 4. The number of nitrogens with zero attached hydrogens (tertiary/aromatic N) is 1. The van der Waals surface area contributed by atoms with Crippen LogP contribution in [0.2, 0.25) is 0 Å². The van der Waals surface area contributed by atoms with Crippen LogP contribution in [0.1, 0.15) is 25.8 Å². The summed E-state index contributed by atoms with van der Waals surface area (Å²) in [5.41, 5.74) is 1.31. The van der Waals surface area contributed by atoms with Gasteiger partial charge in [0.05, 0.1) is 16.8 Å². The number of hydrogen-bond acceptors (Lipinski definition) is 4. The summed E-state index contributed by atoms with van der Waals surface area (Å²) in [4.78, 5) is 15.6. The van der Waals surface area contributed by atoms with Gasteiger partial charge in [-0.25, -0.2) is 0 Å². The van der Waals surface area contributed by atoms with E-state index in [0.29, 0.717) is 22.5 Å². The Kier molecular flexibility index (Phi) is 3.85. The maximum Gasteiger partial charge on any atom is 0.200 e. The molecule has 0 radical (unpaired) electrons. The quantitative estimate of drug-likeness (QED) is 0.448. The minimum absolute atomic E-state index is 0.136. The fourth-order valence-corrected chi connectivity index (χ4v) is 2.01. The average Bonchev–Trinajstić information content (AvgIpc) is 2.44. The molecule has 0 saturated carbocycles. The lowest BCUT2D eigenvalue weighted by molar-refractivity contribution is 0.319. The Morgan fingerprint density at radius 3 is 2.84 bits per heavy atom. The maximum atomic E-state index is 12.5. The Labute approximate surface area is 111 Å². The molecule has 3 N–H and O–H groups in total. The van der Waals surface area contributed by atoms with Gasteiger partial charge in [-0.1, -0.05) is 24.2 Å². The molecule has 0 aliphatic rings. The molecule has 1 heterocycles. The molecule has 2 aromatic rings. The standard InChI is InChI=1S/C14H17N3O2/c1-3-8-15-14-12(9(2)17-19)13(18)10-6-4-5-7-11(10)16-14/h4-7,19H,3,8H2,1-2H3,(H2,15,16,18)/b17-9+. The van der Waals surface area contributed by atoms with Crippen LogP contribution in [0.5, 0.6) is 0 Å². The predicted octanol–water partition coefficient (Wildman–Crippen LogP) is 2.55. The second-order valence-electron chi connectivity index (χ2n) is 4.36. The van der Waals surface area contributed by atoms with Gasteiger partial charge in [0.15, 0.2) is 0 Å². The van der Waals surface area contributed by atoms with Crippen LogP contribution in [-0.4, -0.2) is 22.4 Å². The van der Waals surface area contributed by atoms with Crippen molar-refractivity contribution in [2.45, 2.75) is 20.3 Å². The van der Waals surface area contributed by atoms with E-state index in [2.05, 4.69) is 15.5 Å². The van der Waals surface area contributed by atoms with E-state index in [0.717, 1.165) is 18.5 Å². The number of benzene rings is 1. The average molecular weight is 259 g/mol. The summed E-state index contributed by atoms with van der Waals surface area (Å²) in [6.45, 7) is 4.38. The smallest absolute Gasteiger partial charge is 0.200 e. The molecule has 1 aromatic carbocycles. The molecular weight excluding hydrogens is 242 g/mol. The molecule has 0 bridgehead atoms. The van der Waals surface area contributed by atoms with E-state index in [1.54, 1.807) is 13.0 Å². The van der Waals surface area contributed by atoms with E-state index in [-0.39, 0.29) is 5.43 Å². The molecule has 0 amide bonds. The van der Waals surface area contributed by atoms with Crippen molar-refractivity contribution in [1.29, 1.82) is 0 Å². The first-order valence-electron chi connectivity index (χ1n) is 6.27. The van der Waals surface area contributed by atoms with Crippen molar-refractivity contribution >= 4 is 22.4 Å². The van der Waals surface area contributed by atoms with Crippen molar-refractivity contribution in [2.75, 3.05) is 11.9 Å². The fourth-order valence-electron chi connectivity index (χ4n) is 2.01. The lowest BCUT2D eigenvalue weighted by atomic mass is 10.1. The molecule has 0 unspecified atom stereocenters. The minimum Gasteiger partial charge on any atom is -0.411 e. The van der Waals surface area contributed by atoms with Gasteiger partial charge in [-0.05, 0) is 25.5 Å². The molecule has 0 spiro atoms. The first-order valence-corrected chi connectivity index (χ1v) is 6.27. The van der Waals surface area contributed by atoms with E-state index in [9.17, 15) is 4.79 Å². The number of para-hydroxylation sites is 1. The Hall–Kier alpha value is -2.30. The number of oxime groups is 1. The van der Waals surface area contributed by atoms with Crippen molar-refractivity contribution in [2.24, 2.45) is 5.16 Å². The number of aromatic amines is 1. The first-order chi connectivity index (χ1) is 9.19. The van der Waals surface area contributed by atoms with E-state index >= 15 is 0 Å². The van der Waals surface area contributed by atoms with Gasteiger partial charge in [-0.3, -0.25) is 4.79 Å². The second-order valence-corrected chi connectivity index (χ2v) is 4.36. The Morgan fingerprint density at radius 2 is 2.16 bits per heavy atom. The molecule has 5 nitrogen and oxygen atoms in total. The summed E-state index contributed by atoms with van der Waals surface area (Å²) in [5, 5.41) is 15.8. The summed E-state index contributed by atoms with van der Waals surface area (Å²) >= 11 is 0. The molecule has 100 valence electrons. The van der Waals surface area contributed by atoms with Crippen molar-refractivity contribution in [3.05, 3.63) is 40.1 Å². The van der Waals surface area contributed by atoms with Crippen molar-refractivity contribution in [1.82, 2.24) is 4.98 Å². The number of fused-ring (bicyclic) bond motifs is 1. The molecule has 0 aliphatic carbocycles. The first kappa shape index (κ1) is 13.1. The summed E-state index contributed by atoms with van der Waals surface area (Å²) in [6, 6.07) is 7.29. The summed E-state index contributed by atoms with van der Waals surface area (Å²) < 4.78 is 0. The van der Waals surface area contributed by atoms with Gasteiger partial charge in [0, 0.05) is 11.9 Å². The van der Waals surface area contributed by atoms with Gasteiger partial charge < -0.3 is 15.5 Å². The third kappa shape index (κ3) is 2.45. The highest BCUT2D eigenvalue weighted by molar-refractivity contribution is 6.05. The normalized spacial score (nSPS) is 11.8. The van der Waals surface area contributed by atoms with E-state index < -0.39 is 0 Å². The third-order valence-corrected chi connectivity index (χ3v) is 2.97. The molecule has 0 atom stereocenters. The second kappa shape index (κ2) is 5.56. The number of anilines is 1. The molecular formula is C14H17N3O2. The Balaban J connectivity index is 2.73. The van der Waals surface area contributed by atoms with E-state index in [1.807, 2.05) is 25.1 Å². The molecule has 5 heteroatoms. The zero-order valence-electron chi connectivity index (χ0n) is 11.0. The van der Waals surface area contributed by atoms with Crippen LogP contribution in [-0.2, 0) is 0 Å². The predicted molar refractivity (Wildman–Crippen MR) is 77.3 cm³/mol. The number of pyridine rings is 1. The van der Waals surface area contributed by atoms with Crippen LogP contribution in [0.15, 0.2) is 34.2 Å². The highest BCUT2D eigenvalue weighted by atomic mass is 16.4. The van der Waals surface area contributed by atoms with Crippen molar-refractivity contribution in [3.8, 4) is 0 Å². The van der Waals surface area contributed by atoms with E-state index in [1.165, 1.54) is 0 Å². The van der Waals surface area contributed by atoms with Gasteiger partial charge in [0.25, 0.3) is 0 Å². The van der Waals surface area contributed by atoms with Crippen LogP contribution in [0.4, 0.5) is 5.82 Å². The number of nitrogens with one attached hydrogen (secondary N) is 2. The molecule has 1 aromatic heterocycles. The minimum atomic E-state index is -0.136. The SMILES string of the molecule is CCCNc1[nH]c2ccccc2c(=O)c1/C(C)=N/O. The van der Waals surface area contributed by atoms with Gasteiger partial charge in [-0.2, -0.15) is 0 Å². The summed E-state index contributed by atoms with van der Waals surface area (Å²) in [7, 11) is 0. The fraction of sp³-hybridized carbons (Fsp3) is 0.286. The van der Waals surface area contributed by atoms with Gasteiger partial charge in [-0.15, -0.1) is 0 Å². The van der Waals surface area contributed by atoms with Crippen molar-refractivity contribution in [3.63, 3.8) is 0 Å². The largest absolute Gasteiger partial charge is 0.411 e. The van der Waals surface area contributed by atoms with Gasteiger partial charge >= 0.3 is 0 Å². The Bertz CT molecular complexity index is 674. The number of hydrogen-bond donors (Lipinski definition) is 3. The lowest BCUT2D eigenvalue weighted by Gasteiger charge is -2.12. The zero-order chi connectivity index (χ0) is 13.8. The highest BCUT2D eigenvalue weighted by Gasteiger charge is 2.14. The Morgan fingerprint density at radius 1 is 1.42 bits per heavy atom. The van der Waals surface area contributed by atoms with Crippen LogP contribution < -0.4 is 10.7 Å². The summed E-state index contributed by atoms with van der Waals surface area (Å²) in [5.74, 6) is 0.598. The van der Waals surface area contributed by atoms with Crippen LogP contribution in [0, 0.1) is 0 Å². The van der Waals surface area contributed by atoms with Crippen LogP contribution in [0.25, 0.3) is 10.9 Å². The lowest BCUT2D eigenvalue weighted by Crippen LogP contribution is -2.19. The van der Waals surface area contributed by atoms with Gasteiger partial charge in [0.1, 0.15) is 5.82 Å². The van der Waals surface area contributed by atoms with Gasteiger partial charge in [0.2, 0.25) is 5.43 Å². The number of aromatic nitrogens is 1. The molecule has 0 fully saturated rings. The number of H-pyrrole nitrogens is 1. The van der Waals surface area contributed by atoms with Crippen molar-refractivity contribution < 1.29 is 5.21 Å². The van der Waals surface area contributed by atoms with Crippen LogP contribution in [0.3, 0.4) is 0 Å². The maximum absolute atomic E-state index is 12.5. The highest BCUT2D eigenvalue weighted by Crippen LogP contribution is 2.16. The molecule has 0 saturated heterocycles.